The summed E-state index contributed by atoms with van der Waals surface area (Å²) in [7, 11) is 1.23. The molecular formula is C11H10N2O2. The minimum absolute atomic E-state index is 0.0682. The number of carbonyl (C=O) groups excluding carboxylic acids is 1. The molecule has 0 fully saturated rings. The Bertz CT molecular complexity index is 404. The van der Waals surface area contributed by atoms with Crippen molar-refractivity contribution in [3.8, 4) is 6.07 Å². The standard InChI is InChI=1S/C11H10N2O2/c1-15-11(14)9(7-12)8-13-10-5-3-2-4-6-10/h2-6,8,13H,1H3/b9-8-. The molecule has 0 radical (unpaired) electrons. The smallest absolute Gasteiger partial charge is 0.350 e. The molecule has 0 saturated heterocycles. The lowest BCUT2D eigenvalue weighted by Crippen LogP contribution is -2.04. The number of carbonyl (C=O) groups is 1. The van der Waals surface area contributed by atoms with Gasteiger partial charge in [0.15, 0.2) is 5.57 Å². The monoisotopic (exact) mass is 202 g/mol. The minimum Gasteiger partial charge on any atom is -0.465 e. The van der Waals surface area contributed by atoms with Crippen molar-refractivity contribution in [2.24, 2.45) is 0 Å². The molecule has 1 aromatic carbocycles. The molecule has 4 heteroatoms. The van der Waals surface area contributed by atoms with Gasteiger partial charge in [-0.3, -0.25) is 0 Å². The average Bonchev–Trinajstić information content (AvgIpc) is 2.31. The predicted molar refractivity (Wildman–Crippen MR) is 55.8 cm³/mol. The highest BCUT2D eigenvalue weighted by Gasteiger charge is 2.07. The summed E-state index contributed by atoms with van der Waals surface area (Å²) < 4.78 is 4.42. The Labute approximate surface area is 87.8 Å². The molecule has 4 nitrogen and oxygen atoms in total. The zero-order valence-corrected chi connectivity index (χ0v) is 8.23. The number of methoxy groups -OCH3 is 1. The van der Waals surface area contributed by atoms with Gasteiger partial charge in [0.25, 0.3) is 0 Å². The summed E-state index contributed by atoms with van der Waals surface area (Å²) in [6.07, 6.45) is 1.32. The van der Waals surface area contributed by atoms with Crippen molar-refractivity contribution in [2.45, 2.75) is 0 Å². The van der Waals surface area contributed by atoms with E-state index in [1.807, 2.05) is 30.3 Å². The Morgan fingerprint density at radius 2 is 2.13 bits per heavy atom. The van der Waals surface area contributed by atoms with Crippen LogP contribution in [-0.2, 0) is 9.53 Å². The molecule has 0 aliphatic heterocycles. The normalized spacial score (nSPS) is 10.3. The Hall–Kier alpha value is -2.28. The van der Waals surface area contributed by atoms with Crippen LogP contribution in [0.15, 0.2) is 42.1 Å². The molecule has 15 heavy (non-hydrogen) atoms. The first-order valence-corrected chi connectivity index (χ1v) is 4.28. The van der Waals surface area contributed by atoms with Crippen LogP contribution in [0, 0.1) is 11.3 Å². The first kappa shape index (κ1) is 10.8. The highest BCUT2D eigenvalue weighted by Crippen LogP contribution is 2.06. The van der Waals surface area contributed by atoms with E-state index in [0.717, 1.165) is 5.69 Å². The number of para-hydroxylation sites is 1. The summed E-state index contributed by atoms with van der Waals surface area (Å²) in [5.41, 5.74) is 0.732. The highest BCUT2D eigenvalue weighted by molar-refractivity contribution is 5.92. The van der Waals surface area contributed by atoms with Gasteiger partial charge in [-0.05, 0) is 12.1 Å². The summed E-state index contributed by atoms with van der Waals surface area (Å²) in [4.78, 5) is 11.0. The molecule has 0 atom stereocenters. The molecule has 76 valence electrons. The first-order chi connectivity index (χ1) is 7.27. The van der Waals surface area contributed by atoms with E-state index in [4.69, 9.17) is 5.26 Å². The van der Waals surface area contributed by atoms with Crippen LogP contribution in [0.4, 0.5) is 5.69 Å². The number of benzene rings is 1. The second-order valence-electron chi connectivity index (χ2n) is 2.67. The number of ether oxygens (including phenoxy) is 1. The Kier molecular flexibility index (Phi) is 3.92. The number of hydrogen-bond donors (Lipinski definition) is 1. The lowest BCUT2D eigenvalue weighted by atomic mass is 10.3. The molecule has 1 rings (SSSR count). The van der Waals surface area contributed by atoms with Crippen molar-refractivity contribution < 1.29 is 9.53 Å². The lowest BCUT2D eigenvalue weighted by molar-refractivity contribution is -0.135. The topological polar surface area (TPSA) is 62.1 Å². The number of rotatable bonds is 3. The third kappa shape index (κ3) is 3.16. The van der Waals surface area contributed by atoms with Gasteiger partial charge >= 0.3 is 5.97 Å². The van der Waals surface area contributed by atoms with Crippen molar-refractivity contribution in [3.63, 3.8) is 0 Å². The fourth-order valence-corrected chi connectivity index (χ4v) is 0.937. The average molecular weight is 202 g/mol. The molecular weight excluding hydrogens is 192 g/mol. The number of hydrogen-bond acceptors (Lipinski definition) is 4. The van der Waals surface area contributed by atoms with Gasteiger partial charge in [0, 0.05) is 11.9 Å². The van der Waals surface area contributed by atoms with E-state index in [-0.39, 0.29) is 5.57 Å². The number of nitrogens with one attached hydrogen (secondary N) is 1. The lowest BCUT2D eigenvalue weighted by Gasteiger charge is -2.00. The summed E-state index contributed by atoms with van der Waals surface area (Å²) >= 11 is 0. The highest BCUT2D eigenvalue weighted by atomic mass is 16.5. The van der Waals surface area contributed by atoms with Crippen molar-refractivity contribution in [1.82, 2.24) is 0 Å². The molecule has 0 spiro atoms. The van der Waals surface area contributed by atoms with Crippen LogP contribution in [0.1, 0.15) is 0 Å². The van der Waals surface area contributed by atoms with Crippen molar-refractivity contribution in [2.75, 3.05) is 12.4 Å². The maximum Gasteiger partial charge on any atom is 0.350 e. The summed E-state index contributed by atoms with van der Waals surface area (Å²) in [6, 6.07) is 11.0. The number of anilines is 1. The number of nitrogens with zero attached hydrogens (tertiary/aromatic N) is 1. The van der Waals surface area contributed by atoms with E-state index in [1.54, 1.807) is 6.07 Å². The van der Waals surface area contributed by atoms with Crippen LogP contribution in [0.2, 0.25) is 0 Å². The molecule has 0 heterocycles. The van der Waals surface area contributed by atoms with Gasteiger partial charge in [0.2, 0.25) is 0 Å². The van der Waals surface area contributed by atoms with E-state index >= 15 is 0 Å². The van der Waals surface area contributed by atoms with E-state index < -0.39 is 5.97 Å². The van der Waals surface area contributed by atoms with E-state index in [9.17, 15) is 4.79 Å². The van der Waals surface area contributed by atoms with Crippen LogP contribution in [0.3, 0.4) is 0 Å². The van der Waals surface area contributed by atoms with Gasteiger partial charge in [-0.25, -0.2) is 4.79 Å². The van der Waals surface area contributed by atoms with Gasteiger partial charge in [-0.1, -0.05) is 18.2 Å². The van der Waals surface area contributed by atoms with E-state index in [2.05, 4.69) is 10.1 Å². The minimum atomic E-state index is -0.652. The van der Waals surface area contributed by atoms with Crippen LogP contribution >= 0.6 is 0 Å². The summed E-state index contributed by atoms with van der Waals surface area (Å²) in [5.74, 6) is -0.652. The molecule has 0 amide bonds. The van der Waals surface area contributed by atoms with Crippen LogP contribution < -0.4 is 5.32 Å². The predicted octanol–water partition coefficient (Wildman–Crippen LogP) is 1.68. The molecule has 1 N–H and O–H groups in total. The second-order valence-corrected chi connectivity index (χ2v) is 2.67. The van der Waals surface area contributed by atoms with E-state index in [1.165, 1.54) is 13.3 Å². The van der Waals surface area contributed by atoms with Crippen molar-refractivity contribution >= 4 is 11.7 Å². The Morgan fingerprint density at radius 3 is 2.67 bits per heavy atom. The SMILES string of the molecule is COC(=O)/C(C#N)=C\Nc1ccccc1. The molecule has 0 aliphatic rings. The third-order valence-electron chi connectivity index (χ3n) is 1.68. The molecule has 0 aliphatic carbocycles. The summed E-state index contributed by atoms with van der Waals surface area (Å²) in [5, 5.41) is 11.5. The molecule has 1 aromatic rings. The fourth-order valence-electron chi connectivity index (χ4n) is 0.937. The number of esters is 1. The number of nitriles is 1. The van der Waals surface area contributed by atoms with Gasteiger partial charge in [-0.2, -0.15) is 5.26 Å². The van der Waals surface area contributed by atoms with Crippen molar-refractivity contribution in [1.29, 1.82) is 5.26 Å². The largest absolute Gasteiger partial charge is 0.465 e. The quantitative estimate of drug-likeness (QED) is 0.460. The first-order valence-electron chi connectivity index (χ1n) is 4.28. The maximum atomic E-state index is 11.0. The molecule has 0 saturated carbocycles. The molecule has 0 unspecified atom stereocenters. The van der Waals surface area contributed by atoms with Crippen LogP contribution in [-0.4, -0.2) is 13.1 Å². The second kappa shape index (κ2) is 5.45. The van der Waals surface area contributed by atoms with E-state index in [0.29, 0.717) is 0 Å². The van der Waals surface area contributed by atoms with Crippen molar-refractivity contribution in [3.05, 3.63) is 42.1 Å². The molecule has 0 bridgehead atoms. The van der Waals surface area contributed by atoms with Gasteiger partial charge < -0.3 is 10.1 Å². The van der Waals surface area contributed by atoms with Gasteiger partial charge in [-0.15, -0.1) is 0 Å². The Morgan fingerprint density at radius 1 is 1.47 bits per heavy atom. The zero-order valence-electron chi connectivity index (χ0n) is 8.23. The Balaban J connectivity index is 2.72. The maximum absolute atomic E-state index is 11.0. The van der Waals surface area contributed by atoms with Gasteiger partial charge in [0.1, 0.15) is 6.07 Å². The summed E-state index contributed by atoms with van der Waals surface area (Å²) in [6.45, 7) is 0. The zero-order chi connectivity index (χ0) is 11.1. The molecule has 0 aromatic heterocycles. The fraction of sp³-hybridized carbons (Fsp3) is 0.0909. The van der Waals surface area contributed by atoms with Gasteiger partial charge in [0.05, 0.1) is 7.11 Å². The van der Waals surface area contributed by atoms with Crippen LogP contribution in [0.25, 0.3) is 0 Å². The van der Waals surface area contributed by atoms with Crippen LogP contribution in [0.5, 0.6) is 0 Å². The third-order valence-corrected chi connectivity index (χ3v) is 1.68.